The van der Waals surface area contributed by atoms with Crippen LogP contribution >= 0.6 is 0 Å². The van der Waals surface area contributed by atoms with Gasteiger partial charge in [-0.05, 0) is 30.9 Å². The predicted octanol–water partition coefficient (Wildman–Crippen LogP) is 2.51. The Bertz CT molecular complexity index is 555. The third-order valence-corrected chi connectivity index (χ3v) is 3.76. The fourth-order valence-electron chi connectivity index (χ4n) is 2.69. The van der Waals surface area contributed by atoms with E-state index < -0.39 is 0 Å². The van der Waals surface area contributed by atoms with Gasteiger partial charge in [0.25, 0.3) is 0 Å². The molecule has 2 heterocycles. The van der Waals surface area contributed by atoms with Gasteiger partial charge < -0.3 is 10.2 Å². The Morgan fingerprint density at radius 3 is 2.45 bits per heavy atom. The zero-order valence-electron chi connectivity index (χ0n) is 11.8. The summed E-state index contributed by atoms with van der Waals surface area (Å²) in [4.78, 5) is 11.0. The van der Waals surface area contributed by atoms with Gasteiger partial charge in [0.05, 0.1) is 0 Å². The lowest BCUT2D eigenvalue weighted by Gasteiger charge is -2.21. The van der Waals surface area contributed by atoms with Crippen LogP contribution < -0.4 is 10.2 Å². The van der Waals surface area contributed by atoms with Gasteiger partial charge in [-0.15, -0.1) is 0 Å². The number of anilines is 2. The first-order valence-corrected chi connectivity index (χ1v) is 7.24. The van der Waals surface area contributed by atoms with Gasteiger partial charge in [-0.1, -0.05) is 24.3 Å². The Kier molecular flexibility index (Phi) is 3.81. The molecule has 2 aromatic rings. The molecule has 0 spiro atoms. The number of benzene rings is 1. The van der Waals surface area contributed by atoms with Crippen molar-refractivity contribution in [1.82, 2.24) is 9.97 Å². The first-order valence-electron chi connectivity index (χ1n) is 7.24. The summed E-state index contributed by atoms with van der Waals surface area (Å²) in [6.45, 7) is 4.98. The van der Waals surface area contributed by atoms with E-state index in [1.54, 1.807) is 6.33 Å². The van der Waals surface area contributed by atoms with Crippen molar-refractivity contribution in [2.75, 3.05) is 29.9 Å². The summed E-state index contributed by atoms with van der Waals surface area (Å²) in [5.41, 5.74) is 2.94. The highest BCUT2D eigenvalue weighted by Crippen LogP contribution is 2.20. The molecule has 1 aliphatic rings. The molecule has 0 amide bonds. The predicted molar refractivity (Wildman–Crippen MR) is 82.3 cm³/mol. The molecule has 3 rings (SSSR count). The number of rotatable bonds is 3. The summed E-state index contributed by atoms with van der Waals surface area (Å²) in [5.74, 6) is 1.92. The summed E-state index contributed by atoms with van der Waals surface area (Å²) in [7, 11) is 0. The topological polar surface area (TPSA) is 41.0 Å². The van der Waals surface area contributed by atoms with E-state index in [1.165, 1.54) is 11.1 Å². The van der Waals surface area contributed by atoms with Crippen LogP contribution in [0.5, 0.6) is 0 Å². The van der Waals surface area contributed by atoms with Gasteiger partial charge in [0.15, 0.2) is 0 Å². The van der Waals surface area contributed by atoms with Crippen LogP contribution in [0.3, 0.4) is 0 Å². The average Bonchev–Trinajstić information content (AvgIpc) is 2.70. The molecule has 0 aliphatic carbocycles. The number of hydrogen-bond acceptors (Lipinski definition) is 4. The maximum Gasteiger partial charge on any atom is 0.134 e. The van der Waals surface area contributed by atoms with Crippen molar-refractivity contribution in [3.8, 4) is 0 Å². The van der Waals surface area contributed by atoms with Crippen LogP contribution in [0.1, 0.15) is 18.1 Å². The molecule has 1 aromatic heterocycles. The van der Waals surface area contributed by atoms with Crippen LogP contribution in [0, 0.1) is 0 Å². The van der Waals surface area contributed by atoms with Crippen molar-refractivity contribution in [3.63, 3.8) is 0 Å². The molecule has 0 radical (unpaired) electrons. The first kappa shape index (κ1) is 12.9. The van der Waals surface area contributed by atoms with E-state index in [0.717, 1.165) is 44.1 Å². The fraction of sp³-hybridized carbons (Fsp3) is 0.375. The summed E-state index contributed by atoms with van der Waals surface area (Å²) >= 11 is 0. The lowest BCUT2D eigenvalue weighted by atomic mass is 10.0. The number of nitrogens with one attached hydrogen (secondary N) is 1. The van der Waals surface area contributed by atoms with E-state index in [0.29, 0.717) is 0 Å². The van der Waals surface area contributed by atoms with Crippen molar-refractivity contribution in [3.05, 3.63) is 47.8 Å². The SMILES string of the molecule is CCNc1cc(N2CCc3ccccc3CC2)ncn1. The third kappa shape index (κ3) is 2.74. The van der Waals surface area contributed by atoms with Gasteiger partial charge in [0.1, 0.15) is 18.0 Å². The summed E-state index contributed by atoms with van der Waals surface area (Å²) in [6.07, 6.45) is 3.80. The van der Waals surface area contributed by atoms with Gasteiger partial charge in [0, 0.05) is 25.7 Å². The van der Waals surface area contributed by atoms with Crippen molar-refractivity contribution in [2.45, 2.75) is 19.8 Å². The highest BCUT2D eigenvalue weighted by Gasteiger charge is 2.15. The molecular formula is C16H20N4. The van der Waals surface area contributed by atoms with E-state index in [2.05, 4.69) is 51.4 Å². The molecule has 0 fully saturated rings. The maximum atomic E-state index is 4.42. The van der Waals surface area contributed by atoms with Crippen molar-refractivity contribution in [2.24, 2.45) is 0 Å². The molecule has 0 saturated heterocycles. The molecule has 1 aromatic carbocycles. The third-order valence-electron chi connectivity index (χ3n) is 3.76. The minimum Gasteiger partial charge on any atom is -0.370 e. The van der Waals surface area contributed by atoms with Crippen LogP contribution in [-0.4, -0.2) is 29.6 Å². The Morgan fingerprint density at radius 1 is 1.10 bits per heavy atom. The zero-order chi connectivity index (χ0) is 13.8. The molecule has 1 aliphatic heterocycles. The molecule has 0 unspecified atom stereocenters. The van der Waals surface area contributed by atoms with Gasteiger partial charge in [0.2, 0.25) is 0 Å². The highest BCUT2D eigenvalue weighted by atomic mass is 15.2. The largest absolute Gasteiger partial charge is 0.370 e. The van der Waals surface area contributed by atoms with E-state index in [1.807, 2.05) is 6.07 Å². The zero-order valence-corrected chi connectivity index (χ0v) is 11.8. The number of aromatic nitrogens is 2. The van der Waals surface area contributed by atoms with E-state index in [4.69, 9.17) is 0 Å². The van der Waals surface area contributed by atoms with E-state index in [-0.39, 0.29) is 0 Å². The average molecular weight is 268 g/mol. The minimum absolute atomic E-state index is 0.877. The normalized spacial score (nSPS) is 14.6. The summed E-state index contributed by atoms with van der Waals surface area (Å²) in [5, 5.41) is 3.24. The molecule has 104 valence electrons. The second-order valence-electron chi connectivity index (χ2n) is 5.05. The molecule has 0 atom stereocenters. The number of hydrogen-bond donors (Lipinski definition) is 1. The second-order valence-corrected chi connectivity index (χ2v) is 5.05. The monoisotopic (exact) mass is 268 g/mol. The highest BCUT2D eigenvalue weighted by molar-refractivity contribution is 5.49. The molecule has 4 heteroatoms. The maximum absolute atomic E-state index is 4.42. The lowest BCUT2D eigenvalue weighted by molar-refractivity contribution is 0.788. The Morgan fingerprint density at radius 2 is 1.80 bits per heavy atom. The quantitative estimate of drug-likeness (QED) is 0.928. The summed E-state index contributed by atoms with van der Waals surface area (Å²) < 4.78 is 0. The molecule has 1 N–H and O–H groups in total. The smallest absolute Gasteiger partial charge is 0.134 e. The standard InChI is InChI=1S/C16H20N4/c1-2-17-15-11-16(19-12-18-15)20-9-7-13-5-3-4-6-14(13)8-10-20/h3-6,11-12H,2,7-10H2,1H3,(H,17,18,19). The van der Waals surface area contributed by atoms with Crippen LogP contribution in [0.2, 0.25) is 0 Å². The van der Waals surface area contributed by atoms with Crippen LogP contribution in [0.15, 0.2) is 36.7 Å². The van der Waals surface area contributed by atoms with Crippen molar-refractivity contribution in [1.29, 1.82) is 0 Å². The molecule has 0 bridgehead atoms. The van der Waals surface area contributed by atoms with Crippen LogP contribution in [0.4, 0.5) is 11.6 Å². The number of fused-ring (bicyclic) bond motifs is 1. The minimum atomic E-state index is 0.877. The second kappa shape index (κ2) is 5.90. The van der Waals surface area contributed by atoms with Gasteiger partial charge >= 0.3 is 0 Å². The fourth-order valence-corrected chi connectivity index (χ4v) is 2.69. The van der Waals surface area contributed by atoms with Gasteiger partial charge in [-0.25, -0.2) is 9.97 Å². The lowest BCUT2D eigenvalue weighted by Crippen LogP contribution is -2.27. The van der Waals surface area contributed by atoms with Gasteiger partial charge in [-0.3, -0.25) is 0 Å². The molecule has 0 saturated carbocycles. The van der Waals surface area contributed by atoms with Gasteiger partial charge in [-0.2, -0.15) is 0 Å². The van der Waals surface area contributed by atoms with Crippen molar-refractivity contribution < 1.29 is 0 Å². The first-order chi connectivity index (χ1) is 9.86. The molecule has 4 nitrogen and oxygen atoms in total. The molecular weight excluding hydrogens is 248 g/mol. The number of nitrogens with zero attached hydrogens (tertiary/aromatic N) is 3. The van der Waals surface area contributed by atoms with Crippen molar-refractivity contribution >= 4 is 11.6 Å². The van der Waals surface area contributed by atoms with Crippen LogP contribution in [-0.2, 0) is 12.8 Å². The Labute approximate surface area is 119 Å². The Balaban J connectivity index is 1.78. The van der Waals surface area contributed by atoms with Crippen LogP contribution in [0.25, 0.3) is 0 Å². The van der Waals surface area contributed by atoms with E-state index >= 15 is 0 Å². The Hall–Kier alpha value is -2.10. The summed E-state index contributed by atoms with van der Waals surface area (Å²) in [6, 6.07) is 10.8. The van der Waals surface area contributed by atoms with E-state index in [9.17, 15) is 0 Å². The molecule has 20 heavy (non-hydrogen) atoms.